The van der Waals surface area contributed by atoms with Gasteiger partial charge in [-0.05, 0) is 37.6 Å². The summed E-state index contributed by atoms with van der Waals surface area (Å²) >= 11 is 1.34. The summed E-state index contributed by atoms with van der Waals surface area (Å²) in [5, 5.41) is 7.43. The number of rotatable bonds is 7. The van der Waals surface area contributed by atoms with Gasteiger partial charge in [-0.15, -0.1) is 23.7 Å². The lowest BCUT2D eigenvalue weighted by Gasteiger charge is -2.37. The van der Waals surface area contributed by atoms with Gasteiger partial charge in [-0.1, -0.05) is 6.07 Å². The van der Waals surface area contributed by atoms with Gasteiger partial charge in [0.2, 0.25) is 11.8 Å². The molecule has 4 N–H and O–H groups in total. The van der Waals surface area contributed by atoms with E-state index >= 15 is 0 Å². The van der Waals surface area contributed by atoms with Crippen molar-refractivity contribution >= 4 is 41.5 Å². The predicted molar refractivity (Wildman–Crippen MR) is 105 cm³/mol. The molecule has 2 rings (SSSR count). The molecule has 0 aromatic carbocycles. The third kappa shape index (κ3) is 6.26. The molecule has 1 aromatic heterocycles. The molecule has 2 unspecified atom stereocenters. The summed E-state index contributed by atoms with van der Waals surface area (Å²) in [6.45, 7) is 3.09. The third-order valence-electron chi connectivity index (χ3n) is 4.28. The van der Waals surface area contributed by atoms with Gasteiger partial charge < -0.3 is 21.3 Å². The maximum Gasteiger partial charge on any atom is 0.261 e. The highest BCUT2D eigenvalue weighted by molar-refractivity contribution is 7.12. The van der Waals surface area contributed by atoms with Crippen LogP contribution in [0, 0.1) is 0 Å². The van der Waals surface area contributed by atoms with E-state index in [0.717, 1.165) is 19.3 Å². The van der Waals surface area contributed by atoms with Gasteiger partial charge in [0.1, 0.15) is 6.04 Å². The van der Waals surface area contributed by atoms with E-state index in [-0.39, 0.29) is 42.6 Å². The minimum absolute atomic E-state index is 0. The molecule has 0 bridgehead atoms. The molecular formula is C17H27ClN4O3S. The van der Waals surface area contributed by atoms with E-state index in [1.807, 2.05) is 5.38 Å². The van der Waals surface area contributed by atoms with Crippen LogP contribution >= 0.6 is 23.7 Å². The second-order valence-corrected chi connectivity index (χ2v) is 7.14. The van der Waals surface area contributed by atoms with Crippen LogP contribution in [0.25, 0.3) is 0 Å². The second-order valence-electron chi connectivity index (χ2n) is 6.20. The number of hydrogen-bond donors (Lipinski definition) is 3. The van der Waals surface area contributed by atoms with Crippen LogP contribution in [0.4, 0.5) is 0 Å². The largest absolute Gasteiger partial charge is 0.354 e. The molecule has 2 atom stereocenters. The molecule has 0 spiro atoms. The van der Waals surface area contributed by atoms with E-state index in [9.17, 15) is 14.4 Å². The van der Waals surface area contributed by atoms with Gasteiger partial charge in [0, 0.05) is 32.1 Å². The zero-order chi connectivity index (χ0) is 18.2. The molecule has 1 aliphatic rings. The van der Waals surface area contributed by atoms with Gasteiger partial charge in [0.25, 0.3) is 5.91 Å². The Morgan fingerprint density at radius 2 is 2.15 bits per heavy atom. The fraction of sp³-hybridized carbons (Fsp3) is 0.588. The van der Waals surface area contributed by atoms with E-state index in [2.05, 4.69) is 10.6 Å². The van der Waals surface area contributed by atoms with Gasteiger partial charge >= 0.3 is 0 Å². The zero-order valence-corrected chi connectivity index (χ0v) is 16.5. The van der Waals surface area contributed by atoms with E-state index in [1.54, 1.807) is 24.0 Å². The van der Waals surface area contributed by atoms with Gasteiger partial charge in [-0.3, -0.25) is 14.4 Å². The number of likely N-dealkylation sites (tertiary alicyclic amines) is 1. The van der Waals surface area contributed by atoms with Crippen molar-refractivity contribution in [3.05, 3.63) is 22.4 Å². The lowest BCUT2D eigenvalue weighted by Crippen LogP contribution is -2.55. The second kappa shape index (κ2) is 11.2. The van der Waals surface area contributed by atoms with Crippen molar-refractivity contribution in [2.45, 2.75) is 44.7 Å². The fourth-order valence-corrected chi connectivity index (χ4v) is 3.57. The lowest BCUT2D eigenvalue weighted by atomic mass is 10.0. The highest BCUT2D eigenvalue weighted by Gasteiger charge is 2.30. The van der Waals surface area contributed by atoms with Crippen molar-refractivity contribution in [2.24, 2.45) is 5.73 Å². The number of amides is 3. The number of carbonyl (C=O) groups excluding carboxylic acids is 3. The minimum atomic E-state index is -0.602. The molecule has 1 aromatic rings. The Kier molecular flexibility index (Phi) is 9.61. The van der Waals surface area contributed by atoms with E-state index in [0.29, 0.717) is 24.5 Å². The summed E-state index contributed by atoms with van der Waals surface area (Å²) in [5.41, 5.74) is 5.38. The first-order valence-corrected chi connectivity index (χ1v) is 9.52. The smallest absolute Gasteiger partial charge is 0.261 e. The molecule has 1 saturated heterocycles. The van der Waals surface area contributed by atoms with Crippen molar-refractivity contribution in [2.75, 3.05) is 19.6 Å². The van der Waals surface area contributed by atoms with E-state index in [1.165, 1.54) is 11.3 Å². The summed E-state index contributed by atoms with van der Waals surface area (Å²) < 4.78 is 0. The van der Waals surface area contributed by atoms with Crippen molar-refractivity contribution in [3.63, 3.8) is 0 Å². The van der Waals surface area contributed by atoms with Crippen LogP contribution in [0.3, 0.4) is 0 Å². The Morgan fingerprint density at radius 1 is 1.38 bits per heavy atom. The average molecular weight is 403 g/mol. The molecule has 2 heterocycles. The molecule has 146 valence electrons. The zero-order valence-electron chi connectivity index (χ0n) is 14.9. The molecule has 9 heteroatoms. The quantitative estimate of drug-likeness (QED) is 0.635. The first-order chi connectivity index (χ1) is 12.0. The number of nitrogens with one attached hydrogen (secondary N) is 2. The van der Waals surface area contributed by atoms with Crippen molar-refractivity contribution in [3.8, 4) is 0 Å². The molecule has 0 saturated carbocycles. The van der Waals surface area contributed by atoms with Crippen LogP contribution in [0.5, 0.6) is 0 Å². The normalized spacial score (nSPS) is 17.8. The Labute approximate surface area is 164 Å². The number of halogens is 1. The number of piperidine rings is 1. The molecular weight excluding hydrogens is 376 g/mol. The predicted octanol–water partition coefficient (Wildman–Crippen LogP) is 1.13. The van der Waals surface area contributed by atoms with E-state index in [4.69, 9.17) is 5.73 Å². The molecule has 1 fully saturated rings. The topological polar surface area (TPSA) is 105 Å². The summed E-state index contributed by atoms with van der Waals surface area (Å²) in [6.07, 6.45) is 3.09. The molecule has 0 aliphatic carbocycles. The van der Waals surface area contributed by atoms with Crippen LogP contribution < -0.4 is 16.4 Å². The maximum absolute atomic E-state index is 12.8. The van der Waals surface area contributed by atoms with Crippen molar-refractivity contribution in [1.82, 2.24) is 15.5 Å². The summed E-state index contributed by atoms with van der Waals surface area (Å²) in [7, 11) is 0. The third-order valence-corrected chi connectivity index (χ3v) is 5.15. The molecule has 26 heavy (non-hydrogen) atoms. The highest BCUT2D eigenvalue weighted by atomic mass is 35.5. The number of thiophene rings is 1. The average Bonchev–Trinajstić information content (AvgIpc) is 3.14. The van der Waals surface area contributed by atoms with Gasteiger partial charge in [0.15, 0.2) is 0 Å². The Bertz CT molecular complexity index is 597. The molecule has 1 aliphatic heterocycles. The van der Waals surface area contributed by atoms with Crippen LogP contribution in [0.2, 0.25) is 0 Å². The van der Waals surface area contributed by atoms with Gasteiger partial charge in [-0.25, -0.2) is 0 Å². The van der Waals surface area contributed by atoms with E-state index < -0.39 is 6.04 Å². The minimum Gasteiger partial charge on any atom is -0.354 e. The molecule has 7 nitrogen and oxygen atoms in total. The lowest BCUT2D eigenvalue weighted by molar-refractivity contribution is -0.137. The maximum atomic E-state index is 12.8. The summed E-state index contributed by atoms with van der Waals surface area (Å²) in [6, 6.07) is 2.89. The van der Waals surface area contributed by atoms with Crippen LogP contribution in [-0.2, 0) is 9.59 Å². The molecule has 3 amide bonds. The van der Waals surface area contributed by atoms with Crippen LogP contribution in [0.15, 0.2) is 17.5 Å². The monoisotopic (exact) mass is 402 g/mol. The van der Waals surface area contributed by atoms with Crippen LogP contribution in [0.1, 0.15) is 42.3 Å². The number of carbonyl (C=O) groups is 3. The summed E-state index contributed by atoms with van der Waals surface area (Å²) in [5.74, 6) is -0.442. The molecule has 0 radical (unpaired) electrons. The van der Waals surface area contributed by atoms with Crippen LogP contribution in [-0.4, -0.2) is 54.3 Å². The number of hydrogen-bond acceptors (Lipinski definition) is 5. The fourth-order valence-electron chi connectivity index (χ4n) is 2.94. The Morgan fingerprint density at radius 3 is 2.81 bits per heavy atom. The number of nitrogens with two attached hydrogens (primary N) is 1. The van der Waals surface area contributed by atoms with Crippen molar-refractivity contribution < 1.29 is 14.4 Å². The first kappa shape index (κ1) is 22.4. The summed E-state index contributed by atoms with van der Waals surface area (Å²) in [4.78, 5) is 38.9. The number of nitrogens with zero attached hydrogens (tertiary/aromatic N) is 1. The first-order valence-electron chi connectivity index (χ1n) is 8.64. The van der Waals surface area contributed by atoms with Gasteiger partial charge in [-0.2, -0.15) is 0 Å². The highest BCUT2D eigenvalue weighted by Crippen LogP contribution is 2.18. The standard InChI is InChI=1S/C17H26N4O3S.ClH/c1-12(20-16(23)14-6-4-10-25-14)17(24)21-9-3-2-5-13(21)11-19-15(22)7-8-18;/h4,6,10,12-13H,2-3,5,7-9,11,18H2,1H3,(H,19,22)(H,20,23);1H. The SMILES string of the molecule is CC(NC(=O)c1cccs1)C(=O)N1CCCCC1CNC(=O)CCN.Cl. The van der Waals surface area contributed by atoms with Gasteiger partial charge in [0.05, 0.1) is 4.88 Å². The Balaban J connectivity index is 0.00000338. The van der Waals surface area contributed by atoms with Crippen molar-refractivity contribution in [1.29, 1.82) is 0 Å². The Hall–Kier alpha value is -1.64.